The van der Waals surface area contributed by atoms with Gasteiger partial charge in [-0.2, -0.15) is 0 Å². The first-order chi connectivity index (χ1) is 16.5. The van der Waals surface area contributed by atoms with Gasteiger partial charge in [0.15, 0.2) is 6.10 Å². The number of piperidine rings is 2. The number of amides is 1. The third-order valence-electron chi connectivity index (χ3n) is 7.28. The molecule has 2 fully saturated rings. The molecule has 0 spiro atoms. The Labute approximate surface area is 206 Å². The van der Waals surface area contributed by atoms with E-state index in [0.717, 1.165) is 32.2 Å². The second-order valence-electron chi connectivity index (χ2n) is 9.47. The molecule has 1 atom stereocenters. The standard InChI is InChI=1S/C27H33ClN2O4/c1-34-25-16-22(15-23(28)17-25)26(32)27(33)30-12-8-20(9-13-30)14-19-6-10-29(11-7-19)24-4-2-21(18-31)3-5-24/h2-5,15-20,26,32H,6-14H2,1H3. The zero-order chi connectivity index (χ0) is 24.1. The molecule has 4 rings (SSSR count). The summed E-state index contributed by atoms with van der Waals surface area (Å²) in [6.45, 7) is 3.44. The van der Waals surface area contributed by atoms with E-state index in [1.807, 2.05) is 24.3 Å². The third kappa shape index (κ3) is 5.91. The van der Waals surface area contributed by atoms with Crippen LogP contribution in [0.3, 0.4) is 0 Å². The fourth-order valence-electron chi connectivity index (χ4n) is 5.23. The predicted octanol–water partition coefficient (Wildman–Crippen LogP) is 4.74. The summed E-state index contributed by atoms with van der Waals surface area (Å²) in [7, 11) is 1.53. The molecule has 0 bridgehead atoms. The number of halogens is 1. The Morgan fingerprint density at radius 3 is 2.26 bits per heavy atom. The van der Waals surface area contributed by atoms with Crippen molar-refractivity contribution in [2.75, 3.05) is 38.2 Å². The summed E-state index contributed by atoms with van der Waals surface area (Å²) < 4.78 is 5.20. The van der Waals surface area contributed by atoms with Gasteiger partial charge in [-0.05, 0) is 92.0 Å². The smallest absolute Gasteiger partial charge is 0.256 e. The van der Waals surface area contributed by atoms with Gasteiger partial charge in [0.2, 0.25) is 0 Å². The number of aliphatic hydroxyl groups is 1. The highest BCUT2D eigenvalue weighted by molar-refractivity contribution is 6.30. The van der Waals surface area contributed by atoms with Crippen LogP contribution in [0, 0.1) is 11.8 Å². The lowest BCUT2D eigenvalue weighted by Gasteiger charge is -2.38. The first-order valence-corrected chi connectivity index (χ1v) is 12.5. The number of aliphatic hydroxyl groups excluding tert-OH is 1. The highest BCUT2D eigenvalue weighted by atomic mass is 35.5. The number of nitrogens with zero attached hydrogens (tertiary/aromatic N) is 2. The molecule has 7 heteroatoms. The minimum absolute atomic E-state index is 0.267. The van der Waals surface area contributed by atoms with Crippen molar-refractivity contribution in [3.05, 3.63) is 58.6 Å². The van der Waals surface area contributed by atoms with Gasteiger partial charge in [-0.3, -0.25) is 9.59 Å². The van der Waals surface area contributed by atoms with Crippen molar-refractivity contribution in [1.82, 2.24) is 4.90 Å². The van der Waals surface area contributed by atoms with Crippen molar-refractivity contribution in [2.24, 2.45) is 11.8 Å². The van der Waals surface area contributed by atoms with Gasteiger partial charge in [-0.25, -0.2) is 0 Å². The van der Waals surface area contributed by atoms with Crippen molar-refractivity contribution in [1.29, 1.82) is 0 Å². The van der Waals surface area contributed by atoms with Crippen LogP contribution < -0.4 is 9.64 Å². The number of likely N-dealkylation sites (tertiary alicyclic amines) is 1. The summed E-state index contributed by atoms with van der Waals surface area (Å²) in [5.41, 5.74) is 2.36. The minimum Gasteiger partial charge on any atom is -0.497 e. The van der Waals surface area contributed by atoms with Crippen LogP contribution in [0.2, 0.25) is 5.02 Å². The molecular formula is C27H33ClN2O4. The lowest BCUT2D eigenvalue weighted by atomic mass is 9.82. The van der Waals surface area contributed by atoms with Gasteiger partial charge >= 0.3 is 0 Å². The molecule has 34 heavy (non-hydrogen) atoms. The number of anilines is 1. The number of rotatable bonds is 7. The molecule has 2 saturated heterocycles. The van der Waals surface area contributed by atoms with E-state index in [1.165, 1.54) is 32.1 Å². The first kappa shape index (κ1) is 24.6. The van der Waals surface area contributed by atoms with Gasteiger partial charge < -0.3 is 19.6 Å². The fraction of sp³-hybridized carbons (Fsp3) is 0.481. The Morgan fingerprint density at radius 2 is 1.68 bits per heavy atom. The van der Waals surface area contributed by atoms with Crippen molar-refractivity contribution < 1.29 is 19.4 Å². The Hall–Kier alpha value is -2.57. The molecule has 0 aromatic heterocycles. The van der Waals surface area contributed by atoms with E-state index < -0.39 is 6.10 Å². The van der Waals surface area contributed by atoms with E-state index in [0.29, 0.717) is 46.8 Å². The van der Waals surface area contributed by atoms with E-state index in [9.17, 15) is 14.7 Å². The molecule has 0 saturated carbocycles. The lowest BCUT2D eigenvalue weighted by Crippen LogP contribution is -2.42. The van der Waals surface area contributed by atoms with Crippen molar-refractivity contribution in [3.63, 3.8) is 0 Å². The molecule has 6 nitrogen and oxygen atoms in total. The molecule has 1 unspecified atom stereocenters. The fourth-order valence-corrected chi connectivity index (χ4v) is 5.46. The maximum atomic E-state index is 12.9. The number of carbonyl (C=O) groups excluding carboxylic acids is 2. The van der Waals surface area contributed by atoms with Crippen LogP contribution in [-0.4, -0.2) is 55.5 Å². The summed E-state index contributed by atoms with van der Waals surface area (Å²) >= 11 is 6.10. The van der Waals surface area contributed by atoms with Gasteiger partial charge in [-0.15, -0.1) is 0 Å². The van der Waals surface area contributed by atoms with Crippen LogP contribution in [0.15, 0.2) is 42.5 Å². The van der Waals surface area contributed by atoms with Crippen LogP contribution in [-0.2, 0) is 4.79 Å². The Kier molecular flexibility index (Phi) is 8.11. The summed E-state index contributed by atoms with van der Waals surface area (Å²) in [6, 6.07) is 12.7. The molecule has 182 valence electrons. The summed E-state index contributed by atoms with van der Waals surface area (Å²) in [5, 5.41) is 11.1. The molecule has 0 aliphatic carbocycles. The van der Waals surface area contributed by atoms with E-state index in [4.69, 9.17) is 16.3 Å². The number of methoxy groups -OCH3 is 1. The van der Waals surface area contributed by atoms with Gasteiger partial charge in [0.1, 0.15) is 12.0 Å². The Balaban J connectivity index is 1.23. The molecular weight excluding hydrogens is 452 g/mol. The SMILES string of the molecule is COc1cc(Cl)cc(C(O)C(=O)N2CCC(CC3CCN(c4ccc(C=O)cc4)CC3)CC2)c1. The van der Waals surface area contributed by atoms with Crippen LogP contribution >= 0.6 is 11.6 Å². The number of ether oxygens (including phenoxy) is 1. The zero-order valence-electron chi connectivity index (χ0n) is 19.7. The van der Waals surface area contributed by atoms with Crippen molar-refractivity contribution in [2.45, 2.75) is 38.2 Å². The monoisotopic (exact) mass is 484 g/mol. The third-order valence-corrected chi connectivity index (χ3v) is 7.50. The summed E-state index contributed by atoms with van der Waals surface area (Å²) in [4.78, 5) is 27.9. The zero-order valence-corrected chi connectivity index (χ0v) is 20.4. The lowest BCUT2D eigenvalue weighted by molar-refractivity contribution is -0.142. The normalized spacial score (nSPS) is 18.6. The number of aldehydes is 1. The predicted molar refractivity (Wildman–Crippen MR) is 134 cm³/mol. The molecule has 2 aliphatic rings. The second-order valence-corrected chi connectivity index (χ2v) is 9.91. The molecule has 2 aromatic rings. The highest BCUT2D eigenvalue weighted by Crippen LogP contribution is 2.33. The highest BCUT2D eigenvalue weighted by Gasteiger charge is 2.30. The summed E-state index contributed by atoms with van der Waals surface area (Å²) in [5.74, 6) is 1.59. The minimum atomic E-state index is -1.23. The van der Waals surface area contributed by atoms with Crippen molar-refractivity contribution in [3.8, 4) is 5.75 Å². The molecule has 1 amide bonds. The van der Waals surface area contributed by atoms with Crippen LogP contribution in [0.1, 0.15) is 54.1 Å². The number of benzene rings is 2. The first-order valence-electron chi connectivity index (χ1n) is 12.1. The topological polar surface area (TPSA) is 70.1 Å². The molecule has 2 aromatic carbocycles. The number of hydrogen-bond acceptors (Lipinski definition) is 5. The second kappa shape index (κ2) is 11.2. The van der Waals surface area contributed by atoms with Crippen LogP contribution in [0.5, 0.6) is 5.75 Å². The van der Waals surface area contributed by atoms with Crippen LogP contribution in [0.25, 0.3) is 0 Å². The maximum Gasteiger partial charge on any atom is 0.256 e. The van der Waals surface area contributed by atoms with Crippen LogP contribution in [0.4, 0.5) is 5.69 Å². The molecule has 2 heterocycles. The van der Waals surface area contributed by atoms with Gasteiger partial charge in [0.05, 0.1) is 7.11 Å². The number of carbonyl (C=O) groups is 2. The van der Waals surface area contributed by atoms with E-state index >= 15 is 0 Å². The van der Waals surface area contributed by atoms with E-state index in [-0.39, 0.29) is 5.91 Å². The van der Waals surface area contributed by atoms with Gasteiger partial charge in [0, 0.05) is 42.5 Å². The number of hydrogen-bond donors (Lipinski definition) is 1. The maximum absolute atomic E-state index is 12.9. The Morgan fingerprint density at radius 1 is 1.06 bits per heavy atom. The van der Waals surface area contributed by atoms with Gasteiger partial charge in [0.25, 0.3) is 5.91 Å². The van der Waals surface area contributed by atoms with Gasteiger partial charge in [-0.1, -0.05) is 11.6 Å². The molecule has 1 N–H and O–H groups in total. The quantitative estimate of drug-likeness (QED) is 0.575. The molecule has 2 aliphatic heterocycles. The molecule has 0 radical (unpaired) electrons. The average Bonchev–Trinajstić information content (AvgIpc) is 2.88. The largest absolute Gasteiger partial charge is 0.497 e. The summed E-state index contributed by atoms with van der Waals surface area (Å²) in [6.07, 6.45) is 5.15. The van der Waals surface area contributed by atoms with Crippen molar-refractivity contribution >= 4 is 29.5 Å². The van der Waals surface area contributed by atoms with E-state index in [1.54, 1.807) is 23.1 Å². The van der Waals surface area contributed by atoms with E-state index in [2.05, 4.69) is 4.90 Å². The average molecular weight is 485 g/mol. The Bertz CT molecular complexity index is 981.